The van der Waals surface area contributed by atoms with Crippen molar-refractivity contribution in [2.75, 3.05) is 17.2 Å². The lowest BCUT2D eigenvalue weighted by molar-refractivity contribution is 0.342. The minimum atomic E-state index is 0.678. The van der Waals surface area contributed by atoms with E-state index in [1.165, 1.54) is 37.8 Å². The summed E-state index contributed by atoms with van der Waals surface area (Å²) in [5.74, 6) is 1.88. The summed E-state index contributed by atoms with van der Waals surface area (Å²) in [4.78, 5) is 3.68. The van der Waals surface area contributed by atoms with Crippen LogP contribution in [0.2, 0.25) is 0 Å². The normalized spacial score (nSPS) is 25.3. The molecule has 2 fully saturated rings. The fraction of sp³-hybridized carbons (Fsp3) is 0.588. The molecule has 3 rings (SSSR count). The molecule has 0 aromatic heterocycles. The summed E-state index contributed by atoms with van der Waals surface area (Å²) in [6.07, 6.45) is 6.74. The summed E-state index contributed by atoms with van der Waals surface area (Å²) in [5.41, 5.74) is 2.07. The highest BCUT2D eigenvalue weighted by Gasteiger charge is 2.36. The molecule has 106 valence electrons. The third-order valence-electron chi connectivity index (χ3n) is 4.74. The Bertz CT molecular complexity index is 520. The largest absolute Gasteiger partial charge is 0.367 e. The van der Waals surface area contributed by atoms with E-state index < -0.39 is 0 Å². The van der Waals surface area contributed by atoms with Crippen LogP contribution in [0.15, 0.2) is 23.1 Å². The van der Waals surface area contributed by atoms with Gasteiger partial charge in [-0.2, -0.15) is 5.26 Å². The molecule has 0 radical (unpaired) electrons. The summed E-state index contributed by atoms with van der Waals surface area (Å²) < 4.78 is 0. The van der Waals surface area contributed by atoms with Gasteiger partial charge in [0.1, 0.15) is 6.07 Å². The quantitative estimate of drug-likeness (QED) is 0.769. The zero-order valence-corrected chi connectivity index (χ0v) is 13.0. The molecule has 20 heavy (non-hydrogen) atoms. The van der Waals surface area contributed by atoms with Gasteiger partial charge in [0.15, 0.2) is 0 Å². The van der Waals surface area contributed by atoms with Crippen molar-refractivity contribution in [3.63, 3.8) is 0 Å². The van der Waals surface area contributed by atoms with E-state index in [4.69, 9.17) is 0 Å². The first-order valence-electron chi connectivity index (χ1n) is 7.77. The molecule has 3 heteroatoms. The van der Waals surface area contributed by atoms with Gasteiger partial charge in [-0.15, -0.1) is 11.8 Å². The van der Waals surface area contributed by atoms with Crippen LogP contribution in [0.4, 0.5) is 5.69 Å². The second-order valence-electron chi connectivity index (χ2n) is 5.79. The van der Waals surface area contributed by atoms with Crippen molar-refractivity contribution in [3.05, 3.63) is 23.8 Å². The number of rotatable bonds is 3. The van der Waals surface area contributed by atoms with Gasteiger partial charge < -0.3 is 4.90 Å². The highest BCUT2D eigenvalue weighted by Crippen LogP contribution is 2.41. The topological polar surface area (TPSA) is 27.0 Å². The molecule has 2 atom stereocenters. The molecule has 0 bridgehead atoms. The highest BCUT2D eigenvalue weighted by molar-refractivity contribution is 7.99. The SMILES string of the molecule is CCSc1cccc(N2CCC3CCCCC32)c1C#N. The molecule has 0 amide bonds. The van der Waals surface area contributed by atoms with Crippen molar-refractivity contribution in [1.29, 1.82) is 5.26 Å². The van der Waals surface area contributed by atoms with Gasteiger partial charge in [-0.05, 0) is 43.1 Å². The summed E-state index contributed by atoms with van der Waals surface area (Å²) in [7, 11) is 0. The zero-order valence-electron chi connectivity index (χ0n) is 12.1. The number of hydrogen-bond acceptors (Lipinski definition) is 3. The van der Waals surface area contributed by atoms with Crippen LogP contribution in [0, 0.1) is 17.2 Å². The Morgan fingerprint density at radius 2 is 2.15 bits per heavy atom. The van der Waals surface area contributed by atoms with Crippen molar-refractivity contribution in [2.45, 2.75) is 50.0 Å². The van der Waals surface area contributed by atoms with Crippen LogP contribution in [-0.4, -0.2) is 18.3 Å². The summed E-state index contributed by atoms with van der Waals surface area (Å²) in [6, 6.07) is 9.49. The zero-order chi connectivity index (χ0) is 13.9. The summed E-state index contributed by atoms with van der Waals surface area (Å²) in [6.45, 7) is 3.27. The van der Waals surface area contributed by atoms with Crippen LogP contribution >= 0.6 is 11.8 Å². The van der Waals surface area contributed by atoms with Crippen molar-refractivity contribution in [2.24, 2.45) is 5.92 Å². The molecule has 1 aromatic rings. The van der Waals surface area contributed by atoms with Crippen molar-refractivity contribution < 1.29 is 0 Å². The first-order chi connectivity index (χ1) is 9.85. The molecule has 0 N–H and O–H groups in total. The molecule has 1 aromatic carbocycles. The number of fused-ring (bicyclic) bond motifs is 1. The Labute approximate surface area is 126 Å². The average Bonchev–Trinajstić information content (AvgIpc) is 2.91. The van der Waals surface area contributed by atoms with Gasteiger partial charge in [-0.25, -0.2) is 0 Å². The molecule has 1 aliphatic heterocycles. The van der Waals surface area contributed by atoms with Crippen molar-refractivity contribution >= 4 is 17.4 Å². The predicted molar refractivity (Wildman–Crippen MR) is 85.3 cm³/mol. The molecular formula is C17H22N2S. The minimum Gasteiger partial charge on any atom is -0.367 e. The number of nitriles is 1. The Kier molecular flexibility index (Phi) is 4.21. The molecule has 2 unspecified atom stereocenters. The average molecular weight is 286 g/mol. The van der Waals surface area contributed by atoms with E-state index in [-0.39, 0.29) is 0 Å². The summed E-state index contributed by atoms with van der Waals surface area (Å²) in [5, 5.41) is 9.59. The van der Waals surface area contributed by atoms with E-state index in [1.807, 2.05) is 0 Å². The van der Waals surface area contributed by atoms with Crippen molar-refractivity contribution in [3.8, 4) is 6.07 Å². The number of hydrogen-bond donors (Lipinski definition) is 0. The molecule has 2 aliphatic rings. The fourth-order valence-corrected chi connectivity index (χ4v) is 4.63. The standard InChI is InChI=1S/C17H22N2S/c1-2-20-17-9-5-8-16(14(17)12-18)19-11-10-13-6-3-4-7-15(13)19/h5,8-9,13,15H,2-4,6-7,10-11H2,1H3. The maximum atomic E-state index is 9.59. The second kappa shape index (κ2) is 6.10. The Hall–Kier alpha value is -1.14. The van der Waals surface area contributed by atoms with Crippen LogP contribution < -0.4 is 4.90 Å². The smallest absolute Gasteiger partial charge is 0.103 e. The third-order valence-corrected chi connectivity index (χ3v) is 5.68. The Morgan fingerprint density at radius 1 is 1.30 bits per heavy atom. The van der Waals surface area contributed by atoms with Gasteiger partial charge in [0.25, 0.3) is 0 Å². The Balaban J connectivity index is 1.94. The Morgan fingerprint density at radius 3 is 2.95 bits per heavy atom. The van der Waals surface area contributed by atoms with Crippen LogP contribution in [0.1, 0.15) is 44.6 Å². The number of thioether (sulfide) groups is 1. The molecule has 0 spiro atoms. The van der Waals surface area contributed by atoms with E-state index in [2.05, 4.69) is 36.1 Å². The third kappa shape index (κ3) is 2.42. The maximum absolute atomic E-state index is 9.59. The lowest BCUT2D eigenvalue weighted by Crippen LogP contribution is -2.35. The van der Waals surface area contributed by atoms with Gasteiger partial charge in [0.2, 0.25) is 0 Å². The van der Waals surface area contributed by atoms with E-state index in [0.717, 1.165) is 28.7 Å². The van der Waals surface area contributed by atoms with E-state index in [9.17, 15) is 5.26 Å². The lowest BCUT2D eigenvalue weighted by atomic mass is 9.85. The van der Waals surface area contributed by atoms with Crippen LogP contribution in [-0.2, 0) is 0 Å². The number of nitrogens with zero attached hydrogens (tertiary/aromatic N) is 2. The first kappa shape index (κ1) is 13.8. The van der Waals surface area contributed by atoms with Gasteiger partial charge in [-0.1, -0.05) is 25.8 Å². The van der Waals surface area contributed by atoms with E-state index >= 15 is 0 Å². The van der Waals surface area contributed by atoms with Crippen LogP contribution in [0.25, 0.3) is 0 Å². The molecule has 1 aliphatic carbocycles. The second-order valence-corrected chi connectivity index (χ2v) is 7.09. The molecule has 1 saturated heterocycles. The van der Waals surface area contributed by atoms with Gasteiger partial charge >= 0.3 is 0 Å². The minimum absolute atomic E-state index is 0.678. The van der Waals surface area contributed by atoms with Crippen LogP contribution in [0.3, 0.4) is 0 Å². The van der Waals surface area contributed by atoms with Crippen LogP contribution in [0.5, 0.6) is 0 Å². The molecule has 1 saturated carbocycles. The van der Waals surface area contributed by atoms with Gasteiger partial charge in [0.05, 0.1) is 11.3 Å². The van der Waals surface area contributed by atoms with E-state index in [0.29, 0.717) is 6.04 Å². The monoisotopic (exact) mass is 286 g/mol. The molecule has 2 nitrogen and oxygen atoms in total. The van der Waals surface area contributed by atoms with Gasteiger partial charge in [-0.3, -0.25) is 0 Å². The lowest BCUT2D eigenvalue weighted by Gasteiger charge is -2.33. The molecular weight excluding hydrogens is 264 g/mol. The molecule has 1 heterocycles. The fourth-order valence-electron chi connectivity index (χ4n) is 3.85. The van der Waals surface area contributed by atoms with E-state index in [1.54, 1.807) is 11.8 Å². The highest BCUT2D eigenvalue weighted by atomic mass is 32.2. The number of benzene rings is 1. The van der Waals surface area contributed by atoms with Crippen molar-refractivity contribution in [1.82, 2.24) is 0 Å². The predicted octanol–water partition coefficient (Wildman–Crippen LogP) is 4.44. The van der Waals surface area contributed by atoms with Gasteiger partial charge in [0, 0.05) is 17.5 Å². The summed E-state index contributed by atoms with van der Waals surface area (Å²) >= 11 is 1.78. The number of anilines is 1. The maximum Gasteiger partial charge on any atom is 0.103 e. The first-order valence-corrected chi connectivity index (χ1v) is 8.76.